The van der Waals surface area contributed by atoms with Crippen molar-refractivity contribution in [2.45, 2.75) is 90.6 Å². The summed E-state index contributed by atoms with van der Waals surface area (Å²) < 4.78 is 5.08. The number of hydrogen-bond acceptors (Lipinski definition) is 4. The molecule has 0 radical (unpaired) electrons. The van der Waals surface area contributed by atoms with Crippen LogP contribution in [0.2, 0.25) is 0 Å². The van der Waals surface area contributed by atoms with Crippen molar-refractivity contribution in [3.05, 3.63) is 0 Å². The Morgan fingerprint density at radius 3 is 2.66 bits per heavy atom. The summed E-state index contributed by atoms with van der Waals surface area (Å²) in [5, 5.41) is 11.5. The van der Waals surface area contributed by atoms with Gasteiger partial charge in [-0.3, -0.25) is 9.59 Å². The molecule has 7 atom stereocenters. The quantitative estimate of drug-likeness (QED) is 0.555. The first-order valence-corrected chi connectivity index (χ1v) is 11.6. The summed E-state index contributed by atoms with van der Waals surface area (Å²) in [6.07, 6.45) is 9.15. The third-order valence-electron chi connectivity index (χ3n) is 9.52. The number of rotatable bonds is 2. The van der Waals surface area contributed by atoms with Gasteiger partial charge in [0.15, 0.2) is 6.61 Å². The molecule has 4 fully saturated rings. The van der Waals surface area contributed by atoms with Crippen molar-refractivity contribution < 1.29 is 19.4 Å². The zero-order valence-electron chi connectivity index (χ0n) is 18.3. The van der Waals surface area contributed by atoms with Gasteiger partial charge in [0.1, 0.15) is 11.4 Å². The molecule has 29 heavy (non-hydrogen) atoms. The molecule has 0 bridgehead atoms. The number of fused-ring (bicyclic) bond motifs is 5. The molecule has 4 aliphatic carbocycles. The number of ketones is 1. The van der Waals surface area contributed by atoms with E-state index in [1.165, 1.54) is 6.42 Å². The van der Waals surface area contributed by atoms with Gasteiger partial charge in [-0.2, -0.15) is 0 Å². The Labute approximate surface area is 175 Å². The maximum absolute atomic E-state index is 12.0. The van der Waals surface area contributed by atoms with Gasteiger partial charge in [-0.05, 0) is 74.0 Å². The Morgan fingerprint density at radius 2 is 1.90 bits per heavy atom. The van der Waals surface area contributed by atoms with E-state index >= 15 is 0 Å². The minimum absolute atomic E-state index is 0.0650. The van der Waals surface area contributed by atoms with Crippen LogP contribution in [0.3, 0.4) is 0 Å². The van der Waals surface area contributed by atoms with Crippen LogP contribution >= 0.6 is 0 Å². The van der Waals surface area contributed by atoms with E-state index in [1.54, 1.807) is 6.92 Å². The molecule has 4 rings (SSSR count). The number of Topliss-reactive ketones (excluding diaryl/α,β-unsaturated/α-hetero) is 1. The Balaban J connectivity index is 1.52. The maximum atomic E-state index is 12.0. The predicted octanol–water partition coefficient (Wildman–Crippen LogP) is 4.29. The van der Waals surface area contributed by atoms with E-state index < -0.39 is 5.60 Å². The van der Waals surface area contributed by atoms with Gasteiger partial charge < -0.3 is 9.84 Å². The van der Waals surface area contributed by atoms with E-state index in [4.69, 9.17) is 4.74 Å². The van der Waals surface area contributed by atoms with Gasteiger partial charge in [-0.1, -0.05) is 32.6 Å². The van der Waals surface area contributed by atoms with Gasteiger partial charge in [0.2, 0.25) is 0 Å². The van der Waals surface area contributed by atoms with Crippen molar-refractivity contribution in [1.82, 2.24) is 0 Å². The zero-order chi connectivity index (χ0) is 20.9. The Kier molecular flexibility index (Phi) is 5.35. The minimum Gasteiger partial charge on any atom is -0.452 e. The normalized spacial score (nSPS) is 46.0. The topological polar surface area (TPSA) is 63.6 Å². The van der Waals surface area contributed by atoms with Crippen molar-refractivity contribution in [3.8, 4) is 11.8 Å². The number of aliphatic hydroxyl groups is 1. The van der Waals surface area contributed by atoms with E-state index in [1.807, 2.05) is 0 Å². The second-order valence-electron chi connectivity index (χ2n) is 10.6. The van der Waals surface area contributed by atoms with Gasteiger partial charge in [-0.25, -0.2) is 0 Å². The van der Waals surface area contributed by atoms with E-state index in [0.29, 0.717) is 47.7 Å². The largest absolute Gasteiger partial charge is 0.452 e. The lowest BCUT2D eigenvalue weighted by atomic mass is 9.44. The minimum atomic E-state index is -0.985. The molecule has 0 heterocycles. The fourth-order valence-electron chi connectivity index (χ4n) is 7.67. The molecule has 0 amide bonds. The van der Waals surface area contributed by atoms with Gasteiger partial charge in [0.25, 0.3) is 0 Å². The first-order valence-electron chi connectivity index (χ1n) is 11.6. The Morgan fingerprint density at radius 1 is 1.14 bits per heavy atom. The summed E-state index contributed by atoms with van der Waals surface area (Å²) in [4.78, 5) is 23.4. The van der Waals surface area contributed by atoms with E-state index in [0.717, 1.165) is 44.9 Å². The smallest absolute Gasteiger partial charge is 0.306 e. The molecule has 160 valence electrons. The van der Waals surface area contributed by atoms with Gasteiger partial charge in [0.05, 0.1) is 0 Å². The van der Waals surface area contributed by atoms with Crippen LogP contribution in [0.15, 0.2) is 0 Å². The predicted molar refractivity (Wildman–Crippen MR) is 111 cm³/mol. The summed E-state index contributed by atoms with van der Waals surface area (Å²) >= 11 is 0. The van der Waals surface area contributed by atoms with Crippen LogP contribution in [0.25, 0.3) is 0 Å². The average Bonchev–Trinajstić information content (AvgIpc) is 2.97. The van der Waals surface area contributed by atoms with Crippen molar-refractivity contribution in [2.75, 3.05) is 6.61 Å². The molecule has 4 heteroatoms. The number of ether oxygens (including phenoxy) is 1. The molecule has 1 N–H and O–H groups in total. The third kappa shape index (κ3) is 3.25. The van der Waals surface area contributed by atoms with Crippen molar-refractivity contribution >= 4 is 11.8 Å². The highest BCUT2D eigenvalue weighted by Gasteiger charge is 2.64. The van der Waals surface area contributed by atoms with Crippen molar-refractivity contribution in [2.24, 2.45) is 34.5 Å². The molecule has 0 aliphatic heterocycles. The SMILES string of the molecule is CCC(=O)OCC#CC1(O)CC[C@H]2[C@@H]3CCC4CC(=O)CC[C@]4(C)[C@@H]3CC[C@@]21C. The number of hydrogen-bond donors (Lipinski definition) is 1. The summed E-state index contributed by atoms with van der Waals surface area (Å²) in [7, 11) is 0. The summed E-state index contributed by atoms with van der Waals surface area (Å²) in [6, 6.07) is 0. The van der Waals surface area contributed by atoms with E-state index in [9.17, 15) is 14.7 Å². The molecular weight excluding hydrogens is 364 g/mol. The van der Waals surface area contributed by atoms with Crippen LogP contribution in [0.5, 0.6) is 0 Å². The Bertz CT molecular complexity index is 748. The van der Waals surface area contributed by atoms with Crippen LogP contribution < -0.4 is 0 Å². The molecular formula is C25H36O4. The fourth-order valence-corrected chi connectivity index (χ4v) is 7.67. The maximum Gasteiger partial charge on any atom is 0.306 e. The summed E-state index contributed by atoms with van der Waals surface area (Å²) in [6.45, 7) is 6.52. The first kappa shape index (κ1) is 20.9. The van der Waals surface area contributed by atoms with E-state index in [2.05, 4.69) is 25.7 Å². The Hall–Kier alpha value is -1.34. The van der Waals surface area contributed by atoms with Gasteiger partial charge >= 0.3 is 5.97 Å². The lowest BCUT2D eigenvalue weighted by molar-refractivity contribution is -0.147. The molecule has 0 aromatic heterocycles. The number of carbonyl (C=O) groups excluding carboxylic acids is 2. The van der Waals surface area contributed by atoms with Crippen LogP contribution in [0, 0.1) is 46.3 Å². The molecule has 0 saturated heterocycles. The monoisotopic (exact) mass is 400 g/mol. The van der Waals surface area contributed by atoms with Gasteiger partial charge in [-0.15, -0.1) is 0 Å². The second-order valence-corrected chi connectivity index (χ2v) is 10.6. The van der Waals surface area contributed by atoms with Crippen molar-refractivity contribution in [1.29, 1.82) is 0 Å². The molecule has 0 aromatic rings. The molecule has 0 spiro atoms. The van der Waals surface area contributed by atoms with Crippen LogP contribution in [0.1, 0.15) is 85.0 Å². The van der Waals surface area contributed by atoms with Crippen LogP contribution in [-0.2, 0) is 14.3 Å². The standard InChI is InChI=1S/C25H36O4/c1-4-22(27)29-15-5-11-25(28)14-10-21-19-7-6-17-16-18(26)8-12-23(17,2)20(19)9-13-24(21,25)3/h17,19-21,28H,4,6-10,12-16H2,1-3H3/t17?,19-,20-,21+,23+,24+,25?/m1/s1. The zero-order valence-corrected chi connectivity index (χ0v) is 18.3. The van der Waals surface area contributed by atoms with E-state index in [-0.39, 0.29) is 18.0 Å². The van der Waals surface area contributed by atoms with Gasteiger partial charge in [0, 0.05) is 24.7 Å². The fraction of sp³-hybridized carbons (Fsp3) is 0.840. The highest BCUT2D eigenvalue weighted by atomic mass is 16.5. The number of esters is 1. The highest BCUT2D eigenvalue weighted by Crippen LogP contribution is 2.67. The first-order chi connectivity index (χ1) is 13.7. The molecule has 2 unspecified atom stereocenters. The lowest BCUT2D eigenvalue weighted by Crippen LogP contribution is -2.56. The third-order valence-corrected chi connectivity index (χ3v) is 9.52. The highest BCUT2D eigenvalue weighted by molar-refractivity contribution is 5.79. The molecule has 4 aliphatic rings. The molecule has 0 aromatic carbocycles. The van der Waals surface area contributed by atoms with Crippen LogP contribution in [0.4, 0.5) is 0 Å². The molecule has 4 saturated carbocycles. The van der Waals surface area contributed by atoms with Crippen LogP contribution in [-0.4, -0.2) is 29.1 Å². The lowest BCUT2D eigenvalue weighted by Gasteiger charge is -2.60. The summed E-state index contributed by atoms with van der Waals surface area (Å²) in [5.41, 5.74) is -0.885. The second kappa shape index (κ2) is 7.41. The average molecular weight is 401 g/mol. The summed E-state index contributed by atoms with van der Waals surface area (Å²) in [5.74, 6) is 8.64. The van der Waals surface area contributed by atoms with Crippen molar-refractivity contribution in [3.63, 3.8) is 0 Å². The number of carbonyl (C=O) groups is 2. The molecule has 4 nitrogen and oxygen atoms in total.